The van der Waals surface area contributed by atoms with Crippen LogP contribution in [0.4, 0.5) is 15.2 Å². The summed E-state index contributed by atoms with van der Waals surface area (Å²) in [6.07, 6.45) is 2.50. The van der Waals surface area contributed by atoms with Crippen LogP contribution in [0.5, 0.6) is 0 Å². The highest BCUT2D eigenvalue weighted by atomic mass is 32.1. The zero-order chi connectivity index (χ0) is 22.0. The van der Waals surface area contributed by atoms with Crippen LogP contribution in [-0.2, 0) is 16.0 Å². The highest BCUT2D eigenvalue weighted by molar-refractivity contribution is 7.15. The molecule has 2 aromatic carbocycles. The molecule has 31 heavy (non-hydrogen) atoms. The summed E-state index contributed by atoms with van der Waals surface area (Å²) in [5, 5.41) is 4.37. The van der Waals surface area contributed by atoms with Crippen LogP contribution in [0.25, 0.3) is 0 Å². The molecule has 4 rings (SSSR count). The van der Waals surface area contributed by atoms with Gasteiger partial charge in [-0.05, 0) is 48.4 Å². The molecule has 0 saturated carbocycles. The topological polar surface area (TPSA) is 91.4 Å². The smallest absolute Gasteiger partial charge is 0.257 e. The first kappa shape index (κ1) is 20.7. The number of aryl methyl sites for hydroxylation is 1. The van der Waals surface area contributed by atoms with E-state index in [2.05, 4.69) is 15.7 Å². The normalized spacial score (nSPS) is 13.8. The molecule has 1 aliphatic rings. The number of halogens is 1. The van der Waals surface area contributed by atoms with Crippen LogP contribution in [0.3, 0.4) is 0 Å². The molecule has 1 aliphatic heterocycles. The Morgan fingerprint density at radius 1 is 1.19 bits per heavy atom. The monoisotopic (exact) mass is 438 g/mol. The van der Waals surface area contributed by atoms with Gasteiger partial charge in [0, 0.05) is 35.9 Å². The molecule has 7 nitrogen and oxygen atoms in total. The minimum absolute atomic E-state index is 0.148. The van der Waals surface area contributed by atoms with E-state index in [1.165, 1.54) is 22.4 Å². The number of amides is 3. The Morgan fingerprint density at radius 3 is 2.71 bits per heavy atom. The molecule has 1 aromatic heterocycles. The van der Waals surface area contributed by atoms with Crippen molar-refractivity contribution in [2.45, 2.75) is 26.2 Å². The van der Waals surface area contributed by atoms with Gasteiger partial charge < -0.3 is 0 Å². The van der Waals surface area contributed by atoms with E-state index in [0.717, 1.165) is 10.4 Å². The molecule has 3 amide bonds. The number of carbonyl (C=O) groups excluding carboxylic acids is 3. The average molecular weight is 438 g/mol. The van der Waals surface area contributed by atoms with Gasteiger partial charge in [0.25, 0.3) is 5.91 Å². The summed E-state index contributed by atoms with van der Waals surface area (Å²) in [5.74, 6) is -1.03. The van der Waals surface area contributed by atoms with E-state index in [1.54, 1.807) is 43.5 Å². The lowest BCUT2D eigenvalue weighted by Crippen LogP contribution is -2.50. The first-order valence-electron chi connectivity index (χ1n) is 9.62. The summed E-state index contributed by atoms with van der Waals surface area (Å²) in [4.78, 5) is 41.1. The van der Waals surface area contributed by atoms with E-state index in [4.69, 9.17) is 0 Å². The molecule has 9 heteroatoms. The van der Waals surface area contributed by atoms with Gasteiger partial charge in [-0.2, -0.15) is 0 Å². The molecule has 2 heterocycles. The number of nitrogens with zero attached hydrogens (tertiary/aromatic N) is 2. The van der Waals surface area contributed by atoms with Gasteiger partial charge in [-0.1, -0.05) is 12.1 Å². The fourth-order valence-corrected chi connectivity index (χ4v) is 3.95. The van der Waals surface area contributed by atoms with Gasteiger partial charge in [-0.3, -0.25) is 25.1 Å². The predicted molar refractivity (Wildman–Crippen MR) is 115 cm³/mol. The SMILES string of the molecule is Cc1ccc(Cc2cnc(NC(=O)c3ccc(N4NC(=O)CCC4=O)cc3)s2)cc1F. The molecule has 0 bridgehead atoms. The largest absolute Gasteiger partial charge is 0.298 e. The Hall–Kier alpha value is -3.59. The molecule has 3 aromatic rings. The average Bonchev–Trinajstić information content (AvgIpc) is 3.19. The molecular weight excluding hydrogens is 419 g/mol. The van der Waals surface area contributed by atoms with Gasteiger partial charge in [0.05, 0.1) is 5.69 Å². The van der Waals surface area contributed by atoms with Gasteiger partial charge in [0.2, 0.25) is 11.8 Å². The molecular formula is C22H19FN4O3S. The predicted octanol–water partition coefficient (Wildman–Crippen LogP) is 3.59. The third-order valence-corrected chi connectivity index (χ3v) is 5.74. The second-order valence-corrected chi connectivity index (χ2v) is 8.27. The van der Waals surface area contributed by atoms with E-state index in [0.29, 0.717) is 28.4 Å². The van der Waals surface area contributed by atoms with E-state index >= 15 is 0 Å². The van der Waals surface area contributed by atoms with Crippen molar-refractivity contribution < 1.29 is 18.8 Å². The molecule has 1 fully saturated rings. The Kier molecular flexibility index (Phi) is 5.77. The van der Waals surface area contributed by atoms with Crippen LogP contribution in [0.15, 0.2) is 48.7 Å². The number of thiazole rings is 1. The first-order chi connectivity index (χ1) is 14.9. The van der Waals surface area contributed by atoms with Crippen LogP contribution >= 0.6 is 11.3 Å². The molecule has 0 radical (unpaired) electrons. The maximum Gasteiger partial charge on any atom is 0.257 e. The lowest BCUT2D eigenvalue weighted by atomic mass is 10.1. The van der Waals surface area contributed by atoms with Crippen molar-refractivity contribution in [3.63, 3.8) is 0 Å². The molecule has 158 valence electrons. The summed E-state index contributed by atoms with van der Waals surface area (Å²) in [5.41, 5.74) is 4.81. The zero-order valence-electron chi connectivity index (χ0n) is 16.6. The Bertz CT molecular complexity index is 1160. The second kappa shape index (κ2) is 8.65. The summed E-state index contributed by atoms with van der Waals surface area (Å²) in [6.45, 7) is 1.71. The van der Waals surface area contributed by atoms with E-state index < -0.39 is 0 Å². The number of carbonyl (C=O) groups is 3. The maximum atomic E-state index is 13.7. The maximum absolute atomic E-state index is 13.7. The Balaban J connectivity index is 1.40. The number of hydrogen-bond acceptors (Lipinski definition) is 5. The molecule has 0 atom stereocenters. The standard InChI is InChI=1S/C22H19FN4O3S/c1-13-2-3-14(11-18(13)23)10-17-12-24-22(31-17)25-21(30)15-4-6-16(7-5-15)27-20(29)9-8-19(28)26-27/h2-7,11-12H,8-10H2,1H3,(H,26,28)(H,24,25,30). The van der Waals surface area contributed by atoms with Gasteiger partial charge in [0.1, 0.15) is 5.82 Å². The molecule has 0 spiro atoms. The highest BCUT2D eigenvalue weighted by Gasteiger charge is 2.24. The van der Waals surface area contributed by atoms with Gasteiger partial charge in [-0.25, -0.2) is 14.4 Å². The van der Waals surface area contributed by atoms with Crippen molar-refractivity contribution in [3.05, 3.63) is 76.0 Å². The van der Waals surface area contributed by atoms with E-state index in [9.17, 15) is 18.8 Å². The summed E-state index contributed by atoms with van der Waals surface area (Å²) < 4.78 is 13.7. The number of hydrazine groups is 1. The van der Waals surface area contributed by atoms with Crippen LogP contribution in [0.1, 0.15) is 39.2 Å². The minimum Gasteiger partial charge on any atom is -0.298 e. The lowest BCUT2D eigenvalue weighted by molar-refractivity contribution is -0.130. The molecule has 2 N–H and O–H groups in total. The van der Waals surface area contributed by atoms with Crippen molar-refractivity contribution in [1.29, 1.82) is 0 Å². The number of hydrogen-bond donors (Lipinski definition) is 2. The van der Waals surface area contributed by atoms with E-state index in [1.807, 2.05) is 6.07 Å². The number of nitrogens with one attached hydrogen (secondary N) is 2. The van der Waals surface area contributed by atoms with E-state index in [-0.39, 0.29) is 36.4 Å². The third-order valence-electron chi connectivity index (χ3n) is 4.83. The third kappa shape index (κ3) is 4.77. The number of aromatic nitrogens is 1. The van der Waals surface area contributed by atoms with Crippen molar-refractivity contribution in [2.24, 2.45) is 0 Å². The van der Waals surface area contributed by atoms with Crippen LogP contribution in [-0.4, -0.2) is 22.7 Å². The number of benzene rings is 2. The fourth-order valence-electron chi connectivity index (χ4n) is 3.11. The second-order valence-electron chi connectivity index (χ2n) is 7.16. The summed E-state index contributed by atoms with van der Waals surface area (Å²) >= 11 is 1.32. The van der Waals surface area contributed by atoms with Crippen molar-refractivity contribution in [3.8, 4) is 0 Å². The number of anilines is 2. The highest BCUT2D eigenvalue weighted by Crippen LogP contribution is 2.23. The quantitative estimate of drug-likeness (QED) is 0.637. The minimum atomic E-state index is -0.345. The summed E-state index contributed by atoms with van der Waals surface area (Å²) in [7, 11) is 0. The number of rotatable bonds is 5. The van der Waals surface area contributed by atoms with Crippen LogP contribution in [0, 0.1) is 12.7 Å². The first-order valence-corrected chi connectivity index (χ1v) is 10.4. The molecule has 1 saturated heterocycles. The summed E-state index contributed by atoms with van der Waals surface area (Å²) in [6, 6.07) is 11.4. The van der Waals surface area contributed by atoms with Crippen molar-refractivity contribution >= 4 is 39.9 Å². The van der Waals surface area contributed by atoms with Crippen molar-refractivity contribution in [1.82, 2.24) is 10.4 Å². The lowest BCUT2D eigenvalue weighted by Gasteiger charge is -2.27. The van der Waals surface area contributed by atoms with Crippen molar-refractivity contribution in [2.75, 3.05) is 10.3 Å². The van der Waals surface area contributed by atoms with Gasteiger partial charge in [0.15, 0.2) is 5.13 Å². The Labute approximate surface area is 181 Å². The fraction of sp³-hybridized carbons (Fsp3) is 0.182. The van der Waals surface area contributed by atoms with Gasteiger partial charge in [-0.15, -0.1) is 11.3 Å². The van der Waals surface area contributed by atoms with Gasteiger partial charge >= 0.3 is 0 Å². The Morgan fingerprint density at radius 2 is 1.97 bits per heavy atom. The van der Waals surface area contributed by atoms with Crippen LogP contribution < -0.4 is 15.8 Å². The van der Waals surface area contributed by atoms with Crippen LogP contribution in [0.2, 0.25) is 0 Å². The molecule has 0 unspecified atom stereocenters. The molecule has 0 aliphatic carbocycles. The zero-order valence-corrected chi connectivity index (χ0v) is 17.5.